The quantitative estimate of drug-likeness (QED) is 0.859. The molecule has 0 atom stereocenters. The fourth-order valence-electron chi connectivity index (χ4n) is 2.16. The van der Waals surface area contributed by atoms with Crippen molar-refractivity contribution < 1.29 is 9.18 Å². The van der Waals surface area contributed by atoms with E-state index in [1.54, 1.807) is 25.2 Å². The fraction of sp³-hybridized carbons (Fsp3) is 0.235. The Bertz CT molecular complexity index is 628. The summed E-state index contributed by atoms with van der Waals surface area (Å²) in [6.07, 6.45) is 0.951. The number of nitrogens with zero attached hydrogens (tertiary/aromatic N) is 1. The number of amides is 1. The Kier molecular flexibility index (Phi) is 4.93. The Balaban J connectivity index is 1.91. The van der Waals surface area contributed by atoms with E-state index in [0.717, 1.165) is 5.56 Å². The molecule has 1 amide bonds. The van der Waals surface area contributed by atoms with Crippen molar-refractivity contribution in [3.63, 3.8) is 0 Å². The first-order chi connectivity index (χ1) is 10.1. The predicted molar refractivity (Wildman–Crippen MR) is 82.0 cm³/mol. The topological polar surface area (TPSA) is 46.3 Å². The van der Waals surface area contributed by atoms with Gasteiger partial charge in [0.25, 0.3) is 0 Å². The Labute approximate surface area is 124 Å². The molecule has 0 heterocycles. The van der Waals surface area contributed by atoms with Crippen molar-refractivity contribution in [1.29, 1.82) is 0 Å². The summed E-state index contributed by atoms with van der Waals surface area (Å²) < 4.78 is 13.6. The van der Waals surface area contributed by atoms with Crippen molar-refractivity contribution in [2.45, 2.75) is 19.4 Å². The zero-order chi connectivity index (χ0) is 15.2. The van der Waals surface area contributed by atoms with Gasteiger partial charge in [0, 0.05) is 31.3 Å². The van der Waals surface area contributed by atoms with Gasteiger partial charge in [0.1, 0.15) is 5.82 Å². The minimum absolute atomic E-state index is 0.0264. The molecule has 2 aromatic rings. The normalized spacial score (nSPS) is 10.4. The Morgan fingerprint density at radius 3 is 2.38 bits per heavy atom. The number of carbonyl (C=O) groups excluding carboxylic acids is 1. The van der Waals surface area contributed by atoms with E-state index in [1.807, 2.05) is 24.3 Å². The zero-order valence-corrected chi connectivity index (χ0v) is 12.1. The van der Waals surface area contributed by atoms with Gasteiger partial charge in [-0.2, -0.15) is 0 Å². The van der Waals surface area contributed by atoms with E-state index >= 15 is 0 Å². The largest absolute Gasteiger partial charge is 0.399 e. The summed E-state index contributed by atoms with van der Waals surface area (Å²) >= 11 is 0. The first kappa shape index (κ1) is 15.0. The van der Waals surface area contributed by atoms with Crippen LogP contribution in [0.25, 0.3) is 0 Å². The van der Waals surface area contributed by atoms with E-state index in [4.69, 9.17) is 5.73 Å². The zero-order valence-electron chi connectivity index (χ0n) is 12.1. The average molecular weight is 286 g/mol. The van der Waals surface area contributed by atoms with Gasteiger partial charge in [-0.15, -0.1) is 0 Å². The number of rotatable bonds is 5. The van der Waals surface area contributed by atoms with Gasteiger partial charge in [-0.25, -0.2) is 4.39 Å². The van der Waals surface area contributed by atoms with Crippen LogP contribution in [0, 0.1) is 5.82 Å². The molecule has 0 aliphatic carbocycles. The van der Waals surface area contributed by atoms with Gasteiger partial charge in [-0.3, -0.25) is 4.79 Å². The molecular weight excluding hydrogens is 267 g/mol. The lowest BCUT2D eigenvalue weighted by Gasteiger charge is -2.18. The smallest absolute Gasteiger partial charge is 0.222 e. The lowest BCUT2D eigenvalue weighted by atomic mass is 10.1. The summed E-state index contributed by atoms with van der Waals surface area (Å²) in [5, 5.41) is 0. The molecule has 0 aliphatic heterocycles. The first-order valence-corrected chi connectivity index (χ1v) is 6.88. The van der Waals surface area contributed by atoms with Crippen molar-refractivity contribution >= 4 is 11.6 Å². The lowest BCUT2D eigenvalue weighted by molar-refractivity contribution is -0.130. The number of hydrogen-bond donors (Lipinski definition) is 1. The van der Waals surface area contributed by atoms with Crippen LogP contribution in [-0.2, 0) is 17.8 Å². The molecule has 0 spiro atoms. The number of aryl methyl sites for hydroxylation is 1. The third kappa shape index (κ3) is 4.05. The van der Waals surface area contributed by atoms with Crippen molar-refractivity contribution in [1.82, 2.24) is 4.90 Å². The van der Waals surface area contributed by atoms with E-state index in [1.165, 1.54) is 11.0 Å². The van der Waals surface area contributed by atoms with Gasteiger partial charge < -0.3 is 10.6 Å². The second-order valence-corrected chi connectivity index (χ2v) is 5.04. The summed E-state index contributed by atoms with van der Waals surface area (Å²) in [6, 6.07) is 14.0. The average Bonchev–Trinajstić information content (AvgIpc) is 2.48. The maximum Gasteiger partial charge on any atom is 0.222 e. The van der Waals surface area contributed by atoms with Crippen molar-refractivity contribution in [3.8, 4) is 0 Å². The molecule has 2 aromatic carbocycles. The number of para-hydroxylation sites is 1. The first-order valence-electron chi connectivity index (χ1n) is 6.88. The molecule has 0 bridgehead atoms. The molecule has 3 nitrogen and oxygen atoms in total. The van der Waals surface area contributed by atoms with Gasteiger partial charge in [0.05, 0.1) is 0 Å². The summed E-state index contributed by atoms with van der Waals surface area (Å²) in [5.74, 6) is -0.314. The third-order valence-electron chi connectivity index (χ3n) is 3.45. The van der Waals surface area contributed by atoms with Crippen LogP contribution in [0.3, 0.4) is 0 Å². The van der Waals surface area contributed by atoms with Crippen LogP contribution in [0.4, 0.5) is 10.1 Å². The maximum atomic E-state index is 13.6. The van der Waals surface area contributed by atoms with Gasteiger partial charge >= 0.3 is 0 Å². The highest BCUT2D eigenvalue weighted by atomic mass is 19.1. The van der Waals surface area contributed by atoms with E-state index in [2.05, 4.69) is 0 Å². The van der Waals surface area contributed by atoms with Crippen molar-refractivity contribution in [3.05, 3.63) is 65.5 Å². The molecule has 110 valence electrons. The molecule has 0 aromatic heterocycles. The van der Waals surface area contributed by atoms with Gasteiger partial charge in [0.15, 0.2) is 0 Å². The fourth-order valence-corrected chi connectivity index (χ4v) is 2.16. The highest BCUT2D eigenvalue weighted by Gasteiger charge is 2.12. The third-order valence-corrected chi connectivity index (χ3v) is 3.45. The number of nitrogens with two attached hydrogens (primary N) is 1. The molecule has 2 rings (SSSR count). The van der Waals surface area contributed by atoms with Gasteiger partial charge in [-0.05, 0) is 24.1 Å². The van der Waals surface area contributed by atoms with Crippen molar-refractivity contribution in [2.24, 2.45) is 0 Å². The monoisotopic (exact) mass is 286 g/mol. The molecule has 0 radical (unpaired) electrons. The van der Waals surface area contributed by atoms with E-state index in [0.29, 0.717) is 24.1 Å². The number of nitrogen functional groups attached to an aromatic ring is 1. The van der Waals surface area contributed by atoms with Crippen LogP contribution < -0.4 is 5.73 Å². The van der Waals surface area contributed by atoms with E-state index in [-0.39, 0.29) is 18.3 Å². The number of benzene rings is 2. The summed E-state index contributed by atoms with van der Waals surface area (Å²) in [5.41, 5.74) is 8.03. The number of halogens is 1. The highest BCUT2D eigenvalue weighted by Crippen LogP contribution is 2.14. The van der Waals surface area contributed by atoms with Crippen LogP contribution in [0.5, 0.6) is 0 Å². The summed E-state index contributed by atoms with van der Waals surface area (Å²) in [7, 11) is 1.68. The lowest BCUT2D eigenvalue weighted by Crippen LogP contribution is -2.26. The van der Waals surface area contributed by atoms with Crippen LogP contribution in [0.2, 0.25) is 0 Å². The molecule has 0 aliphatic rings. The number of anilines is 1. The standard InChI is InChI=1S/C17H19FN2O/c1-20(12-14-7-2-4-8-15(14)18)17(21)11-10-13-6-3-5-9-16(13)19/h2-9H,10-12,19H2,1H3. The molecule has 2 N–H and O–H groups in total. The Morgan fingerprint density at radius 2 is 1.71 bits per heavy atom. The number of hydrogen-bond acceptors (Lipinski definition) is 2. The van der Waals surface area contributed by atoms with Gasteiger partial charge in [-0.1, -0.05) is 36.4 Å². The molecule has 0 saturated heterocycles. The molecule has 0 fully saturated rings. The van der Waals surface area contributed by atoms with Crippen LogP contribution in [0.1, 0.15) is 17.5 Å². The molecular formula is C17H19FN2O. The van der Waals surface area contributed by atoms with E-state index in [9.17, 15) is 9.18 Å². The Morgan fingerprint density at radius 1 is 1.10 bits per heavy atom. The molecule has 0 saturated carbocycles. The summed E-state index contributed by atoms with van der Waals surface area (Å²) in [4.78, 5) is 13.6. The molecule has 0 unspecified atom stereocenters. The van der Waals surface area contributed by atoms with Gasteiger partial charge in [0.2, 0.25) is 5.91 Å². The van der Waals surface area contributed by atoms with Crippen LogP contribution in [0.15, 0.2) is 48.5 Å². The van der Waals surface area contributed by atoms with E-state index < -0.39 is 0 Å². The molecule has 4 heteroatoms. The highest BCUT2D eigenvalue weighted by molar-refractivity contribution is 5.76. The second-order valence-electron chi connectivity index (χ2n) is 5.04. The summed E-state index contributed by atoms with van der Waals surface area (Å²) in [6.45, 7) is 0.274. The molecule has 21 heavy (non-hydrogen) atoms. The van der Waals surface area contributed by atoms with Crippen LogP contribution in [-0.4, -0.2) is 17.9 Å². The predicted octanol–water partition coefficient (Wildman–Crippen LogP) is 3.00. The maximum absolute atomic E-state index is 13.6. The minimum atomic E-state index is -0.288. The number of carbonyl (C=O) groups is 1. The Hall–Kier alpha value is -2.36. The SMILES string of the molecule is CN(Cc1ccccc1F)C(=O)CCc1ccccc1N. The minimum Gasteiger partial charge on any atom is -0.399 e. The second kappa shape index (κ2) is 6.88. The van der Waals surface area contributed by atoms with Crippen molar-refractivity contribution in [2.75, 3.05) is 12.8 Å². The van der Waals surface area contributed by atoms with Crippen LogP contribution >= 0.6 is 0 Å².